The third-order valence-electron chi connectivity index (χ3n) is 2.50. The van der Waals surface area contributed by atoms with E-state index < -0.39 is 17.8 Å². The first-order chi connectivity index (χ1) is 7.84. The van der Waals surface area contributed by atoms with Crippen LogP contribution in [0.5, 0.6) is 5.75 Å². The quantitative estimate of drug-likeness (QED) is 0.799. The molecule has 0 aromatic heterocycles. The predicted octanol–water partition coefficient (Wildman–Crippen LogP) is 1.28. The number of hydrogen-bond acceptors (Lipinski definition) is 3. The van der Waals surface area contributed by atoms with Crippen LogP contribution in [0, 0.1) is 5.82 Å². The highest BCUT2D eigenvalue weighted by atomic mass is 32.1. The monoisotopic (exact) mass is 256 g/mol. The second kappa shape index (κ2) is 5.09. The summed E-state index contributed by atoms with van der Waals surface area (Å²) in [7, 11) is 1.48. The largest absolute Gasteiger partial charge is 0.507 e. The fourth-order valence-corrected chi connectivity index (χ4v) is 1.39. The van der Waals surface area contributed by atoms with E-state index in [1.165, 1.54) is 11.9 Å². The second-order valence-corrected chi connectivity index (χ2v) is 4.13. The predicted molar refractivity (Wildman–Crippen MR) is 66.4 cm³/mol. The van der Waals surface area contributed by atoms with Crippen molar-refractivity contribution < 1.29 is 14.3 Å². The molecule has 1 aromatic carbocycles. The Hall–Kier alpha value is -1.69. The van der Waals surface area contributed by atoms with Crippen LogP contribution in [0.15, 0.2) is 18.2 Å². The molecular weight excluding hydrogens is 243 g/mol. The molecule has 1 unspecified atom stereocenters. The Balaban J connectivity index is 3.04. The van der Waals surface area contributed by atoms with Gasteiger partial charge in [0.1, 0.15) is 11.6 Å². The van der Waals surface area contributed by atoms with Crippen LogP contribution in [0.4, 0.5) is 4.39 Å². The van der Waals surface area contributed by atoms with Crippen LogP contribution >= 0.6 is 12.2 Å². The van der Waals surface area contributed by atoms with E-state index in [9.17, 15) is 14.3 Å². The topological polar surface area (TPSA) is 66.6 Å². The van der Waals surface area contributed by atoms with E-state index in [2.05, 4.69) is 0 Å². The van der Waals surface area contributed by atoms with Crippen LogP contribution in [-0.2, 0) is 0 Å². The van der Waals surface area contributed by atoms with Crippen molar-refractivity contribution >= 4 is 23.1 Å². The maximum absolute atomic E-state index is 13.0. The molecule has 6 heteroatoms. The lowest BCUT2D eigenvalue weighted by atomic mass is 10.1. The molecule has 1 rings (SSSR count). The minimum atomic E-state index is -0.595. The third-order valence-corrected chi connectivity index (χ3v) is 2.84. The summed E-state index contributed by atoms with van der Waals surface area (Å²) in [4.78, 5) is 13.3. The first kappa shape index (κ1) is 13.4. The van der Waals surface area contributed by atoms with Crippen LogP contribution in [0.2, 0.25) is 0 Å². The maximum Gasteiger partial charge on any atom is 0.258 e. The Bertz CT molecular complexity index is 465. The van der Waals surface area contributed by atoms with Gasteiger partial charge in [-0.15, -0.1) is 0 Å². The summed E-state index contributed by atoms with van der Waals surface area (Å²) in [6.07, 6.45) is 0. The fraction of sp³-hybridized carbons (Fsp3) is 0.273. The van der Waals surface area contributed by atoms with Crippen molar-refractivity contribution in [2.24, 2.45) is 5.73 Å². The Morgan fingerprint density at radius 2 is 2.18 bits per heavy atom. The number of likely N-dealkylation sites (N-methyl/N-ethyl adjacent to an activating group) is 1. The number of benzene rings is 1. The molecule has 4 nitrogen and oxygen atoms in total. The molecule has 0 saturated heterocycles. The molecule has 0 saturated carbocycles. The number of nitrogens with zero attached hydrogens (tertiary/aromatic N) is 1. The highest BCUT2D eigenvalue weighted by molar-refractivity contribution is 7.80. The minimum Gasteiger partial charge on any atom is -0.507 e. The lowest BCUT2D eigenvalue weighted by molar-refractivity contribution is 0.0775. The summed E-state index contributed by atoms with van der Waals surface area (Å²) in [5.41, 5.74) is 5.31. The molecule has 0 aliphatic heterocycles. The van der Waals surface area contributed by atoms with Gasteiger partial charge in [0.05, 0.1) is 16.6 Å². The van der Waals surface area contributed by atoms with Gasteiger partial charge in [0.25, 0.3) is 5.91 Å². The molecule has 0 spiro atoms. The van der Waals surface area contributed by atoms with Crippen molar-refractivity contribution in [3.63, 3.8) is 0 Å². The Labute approximate surface area is 104 Å². The number of rotatable bonds is 3. The van der Waals surface area contributed by atoms with E-state index >= 15 is 0 Å². The number of phenols is 1. The number of carbonyl (C=O) groups is 1. The average Bonchev–Trinajstić information content (AvgIpc) is 2.29. The van der Waals surface area contributed by atoms with E-state index in [0.717, 1.165) is 18.2 Å². The number of nitrogens with two attached hydrogens (primary N) is 1. The molecule has 92 valence electrons. The van der Waals surface area contributed by atoms with Gasteiger partial charge in [-0.05, 0) is 25.1 Å². The highest BCUT2D eigenvalue weighted by Crippen LogP contribution is 2.20. The standard InChI is InChI=1S/C11H13FN2O2S/c1-6(10(13)17)14(2)11(16)8-5-7(12)3-4-9(8)15/h3-6,15H,1-2H3,(H2,13,17). The van der Waals surface area contributed by atoms with Crippen LogP contribution in [0.1, 0.15) is 17.3 Å². The number of hydrogen-bond donors (Lipinski definition) is 2. The first-order valence-corrected chi connectivity index (χ1v) is 5.30. The number of carbonyl (C=O) groups excluding carboxylic acids is 1. The molecular formula is C11H13FN2O2S. The molecule has 1 amide bonds. The zero-order valence-corrected chi connectivity index (χ0v) is 10.3. The number of thiocarbonyl (C=S) groups is 1. The van der Waals surface area contributed by atoms with E-state index in [4.69, 9.17) is 18.0 Å². The van der Waals surface area contributed by atoms with Crippen LogP contribution in [0.25, 0.3) is 0 Å². The Morgan fingerprint density at radius 1 is 1.59 bits per heavy atom. The summed E-state index contributed by atoms with van der Waals surface area (Å²) in [6, 6.07) is 2.70. The molecule has 0 radical (unpaired) electrons. The van der Waals surface area contributed by atoms with Gasteiger partial charge in [-0.2, -0.15) is 0 Å². The van der Waals surface area contributed by atoms with Crippen molar-refractivity contribution in [1.29, 1.82) is 0 Å². The first-order valence-electron chi connectivity index (χ1n) is 4.89. The molecule has 3 N–H and O–H groups in total. The van der Waals surface area contributed by atoms with Gasteiger partial charge in [-0.25, -0.2) is 4.39 Å². The molecule has 0 aliphatic carbocycles. The van der Waals surface area contributed by atoms with Crippen LogP contribution in [-0.4, -0.2) is 34.0 Å². The van der Waals surface area contributed by atoms with Gasteiger partial charge < -0.3 is 15.7 Å². The fourth-order valence-electron chi connectivity index (χ4n) is 1.24. The summed E-state index contributed by atoms with van der Waals surface area (Å²) >= 11 is 4.77. The summed E-state index contributed by atoms with van der Waals surface area (Å²) in [5, 5.41) is 9.50. The zero-order valence-electron chi connectivity index (χ0n) is 9.48. The molecule has 0 heterocycles. The summed E-state index contributed by atoms with van der Waals surface area (Å²) in [6.45, 7) is 1.65. The number of phenolic OH excluding ortho intramolecular Hbond substituents is 1. The van der Waals surface area contributed by atoms with E-state index in [1.54, 1.807) is 6.92 Å². The molecule has 0 bridgehead atoms. The highest BCUT2D eigenvalue weighted by Gasteiger charge is 2.22. The van der Waals surface area contributed by atoms with Crippen molar-refractivity contribution in [3.8, 4) is 5.75 Å². The van der Waals surface area contributed by atoms with Gasteiger partial charge in [-0.3, -0.25) is 4.79 Å². The van der Waals surface area contributed by atoms with Gasteiger partial charge in [0.2, 0.25) is 0 Å². The SMILES string of the molecule is CC(C(N)=S)N(C)C(=O)c1cc(F)ccc1O. The van der Waals surface area contributed by atoms with E-state index in [-0.39, 0.29) is 16.3 Å². The van der Waals surface area contributed by atoms with Crippen molar-refractivity contribution in [3.05, 3.63) is 29.6 Å². The molecule has 17 heavy (non-hydrogen) atoms. The normalized spacial score (nSPS) is 11.9. The summed E-state index contributed by atoms with van der Waals surface area (Å²) < 4.78 is 13.0. The van der Waals surface area contributed by atoms with Gasteiger partial charge in [0, 0.05) is 7.05 Å². The molecule has 1 aromatic rings. The number of amides is 1. The Morgan fingerprint density at radius 3 is 2.71 bits per heavy atom. The molecule has 1 atom stereocenters. The second-order valence-electron chi connectivity index (χ2n) is 3.66. The average molecular weight is 256 g/mol. The van der Waals surface area contributed by atoms with E-state index in [0.29, 0.717) is 0 Å². The van der Waals surface area contributed by atoms with Gasteiger partial charge in [-0.1, -0.05) is 12.2 Å². The van der Waals surface area contributed by atoms with Crippen molar-refractivity contribution in [2.75, 3.05) is 7.05 Å². The van der Waals surface area contributed by atoms with Gasteiger partial charge in [0.15, 0.2) is 0 Å². The molecule has 0 aliphatic rings. The Kier molecular flexibility index (Phi) is 4.01. The lowest BCUT2D eigenvalue weighted by Gasteiger charge is -2.24. The van der Waals surface area contributed by atoms with Crippen LogP contribution in [0.3, 0.4) is 0 Å². The minimum absolute atomic E-state index is 0.115. The number of halogens is 1. The zero-order chi connectivity index (χ0) is 13.2. The van der Waals surface area contributed by atoms with E-state index in [1.807, 2.05) is 0 Å². The number of aromatic hydroxyl groups is 1. The van der Waals surface area contributed by atoms with Crippen molar-refractivity contribution in [2.45, 2.75) is 13.0 Å². The summed E-state index contributed by atoms with van der Waals surface area (Å²) in [5.74, 6) is -1.41. The third kappa shape index (κ3) is 2.91. The van der Waals surface area contributed by atoms with Crippen LogP contribution < -0.4 is 5.73 Å². The van der Waals surface area contributed by atoms with Gasteiger partial charge >= 0.3 is 0 Å². The molecule has 0 fully saturated rings. The van der Waals surface area contributed by atoms with Crippen molar-refractivity contribution in [1.82, 2.24) is 4.90 Å². The lowest BCUT2D eigenvalue weighted by Crippen LogP contribution is -2.42. The maximum atomic E-state index is 13.0. The smallest absolute Gasteiger partial charge is 0.258 e.